The van der Waals surface area contributed by atoms with Gasteiger partial charge in [-0.25, -0.2) is 0 Å². The molecule has 0 aliphatic heterocycles. The average Bonchev–Trinajstić information content (AvgIpc) is 2.39. The van der Waals surface area contributed by atoms with Crippen LogP contribution in [0.25, 0.3) is 0 Å². The first-order valence-electron chi connectivity index (χ1n) is 5.84. The van der Waals surface area contributed by atoms with Gasteiger partial charge in [-0.3, -0.25) is 0 Å². The van der Waals surface area contributed by atoms with Gasteiger partial charge in [0, 0.05) is 5.69 Å². The Labute approximate surface area is 102 Å². The number of ether oxygens (including phenoxy) is 1. The molecule has 88 valence electrons. The zero-order valence-corrected chi connectivity index (χ0v) is 10.0. The first-order valence-corrected chi connectivity index (χ1v) is 5.84. The van der Waals surface area contributed by atoms with E-state index < -0.39 is 0 Å². The fourth-order valence-electron chi connectivity index (χ4n) is 1.60. The number of nitrogens with two attached hydrogens (primary N) is 1. The highest BCUT2D eigenvalue weighted by Crippen LogP contribution is 2.15. The molecule has 0 unspecified atom stereocenters. The van der Waals surface area contributed by atoms with E-state index in [1.165, 1.54) is 5.56 Å². The number of benzene rings is 2. The summed E-state index contributed by atoms with van der Waals surface area (Å²) in [7, 11) is 0. The van der Waals surface area contributed by atoms with Gasteiger partial charge in [0.2, 0.25) is 0 Å². The molecule has 0 amide bonds. The van der Waals surface area contributed by atoms with Crippen LogP contribution in [0.1, 0.15) is 18.1 Å². The normalized spacial score (nSPS) is 10.2. The minimum Gasteiger partial charge on any atom is -0.489 e. The Hall–Kier alpha value is -1.96. The van der Waals surface area contributed by atoms with Crippen molar-refractivity contribution in [3.63, 3.8) is 0 Å². The largest absolute Gasteiger partial charge is 0.489 e. The Morgan fingerprint density at radius 1 is 0.882 bits per heavy atom. The number of rotatable bonds is 4. The van der Waals surface area contributed by atoms with E-state index in [9.17, 15) is 0 Å². The molecule has 0 fully saturated rings. The molecule has 2 aromatic rings. The highest BCUT2D eigenvalue weighted by atomic mass is 16.5. The number of hydrogen-bond acceptors (Lipinski definition) is 2. The van der Waals surface area contributed by atoms with Crippen molar-refractivity contribution in [3.8, 4) is 5.75 Å². The van der Waals surface area contributed by atoms with E-state index in [1.807, 2.05) is 36.4 Å². The molecule has 0 radical (unpaired) electrons. The molecule has 2 N–H and O–H groups in total. The van der Waals surface area contributed by atoms with Gasteiger partial charge in [0.1, 0.15) is 12.4 Å². The smallest absolute Gasteiger partial charge is 0.119 e. The first kappa shape index (κ1) is 11.5. The maximum atomic E-state index is 5.69. The molecular formula is C15H17NO. The van der Waals surface area contributed by atoms with Gasteiger partial charge in [0.05, 0.1) is 0 Å². The molecular weight excluding hydrogens is 210 g/mol. The fraction of sp³-hybridized carbons (Fsp3) is 0.200. The molecule has 2 aromatic carbocycles. The molecule has 0 heterocycles. The van der Waals surface area contributed by atoms with Crippen molar-refractivity contribution < 1.29 is 4.74 Å². The van der Waals surface area contributed by atoms with Crippen LogP contribution in [0.15, 0.2) is 48.5 Å². The van der Waals surface area contributed by atoms with Crippen molar-refractivity contribution in [2.24, 2.45) is 0 Å². The van der Waals surface area contributed by atoms with Crippen molar-refractivity contribution in [1.82, 2.24) is 0 Å². The van der Waals surface area contributed by atoms with Crippen LogP contribution in [0.2, 0.25) is 0 Å². The molecule has 0 atom stereocenters. The summed E-state index contributed by atoms with van der Waals surface area (Å²) in [4.78, 5) is 0. The van der Waals surface area contributed by atoms with Gasteiger partial charge in [0.15, 0.2) is 0 Å². The highest BCUT2D eigenvalue weighted by molar-refractivity contribution is 5.39. The zero-order valence-electron chi connectivity index (χ0n) is 10.0. The van der Waals surface area contributed by atoms with Crippen LogP contribution in [-0.2, 0) is 13.0 Å². The van der Waals surface area contributed by atoms with Crippen molar-refractivity contribution in [3.05, 3.63) is 59.7 Å². The summed E-state index contributed by atoms with van der Waals surface area (Å²) in [5, 5.41) is 0. The third-order valence-electron chi connectivity index (χ3n) is 2.72. The topological polar surface area (TPSA) is 35.2 Å². The van der Waals surface area contributed by atoms with Gasteiger partial charge in [-0.05, 0) is 41.8 Å². The van der Waals surface area contributed by atoms with Crippen molar-refractivity contribution in [2.75, 3.05) is 5.73 Å². The fourth-order valence-corrected chi connectivity index (χ4v) is 1.60. The Bertz CT molecular complexity index is 459. The molecule has 0 spiro atoms. The Morgan fingerprint density at radius 3 is 2.06 bits per heavy atom. The van der Waals surface area contributed by atoms with Gasteiger partial charge in [-0.2, -0.15) is 0 Å². The molecule has 2 nitrogen and oxygen atoms in total. The summed E-state index contributed by atoms with van der Waals surface area (Å²) in [6.07, 6.45) is 1.05. The summed E-state index contributed by atoms with van der Waals surface area (Å²) in [6, 6.07) is 16.0. The molecule has 0 bridgehead atoms. The minimum absolute atomic E-state index is 0.575. The average molecular weight is 227 g/mol. The van der Waals surface area contributed by atoms with Gasteiger partial charge >= 0.3 is 0 Å². The number of anilines is 1. The zero-order chi connectivity index (χ0) is 12.1. The first-order chi connectivity index (χ1) is 8.28. The van der Waals surface area contributed by atoms with Crippen LogP contribution in [-0.4, -0.2) is 0 Å². The van der Waals surface area contributed by atoms with Crippen LogP contribution < -0.4 is 10.5 Å². The standard InChI is InChI=1S/C15H17NO/c1-2-12-5-9-15(10-6-12)17-11-13-3-7-14(16)8-4-13/h3-10H,2,11,16H2,1H3. The van der Waals surface area contributed by atoms with Crippen molar-refractivity contribution >= 4 is 5.69 Å². The van der Waals surface area contributed by atoms with Crippen LogP contribution in [0.3, 0.4) is 0 Å². The lowest BCUT2D eigenvalue weighted by Crippen LogP contribution is -1.96. The molecule has 0 saturated heterocycles. The van der Waals surface area contributed by atoms with Crippen LogP contribution in [0, 0.1) is 0 Å². The van der Waals surface area contributed by atoms with E-state index >= 15 is 0 Å². The number of aryl methyl sites for hydroxylation is 1. The lowest BCUT2D eigenvalue weighted by atomic mass is 10.2. The highest BCUT2D eigenvalue weighted by Gasteiger charge is 1.96. The van der Waals surface area contributed by atoms with Gasteiger partial charge < -0.3 is 10.5 Å². The van der Waals surface area contributed by atoms with Crippen molar-refractivity contribution in [1.29, 1.82) is 0 Å². The maximum absolute atomic E-state index is 5.69. The quantitative estimate of drug-likeness (QED) is 0.812. The van der Waals surface area contributed by atoms with E-state index in [4.69, 9.17) is 10.5 Å². The summed E-state index contributed by atoms with van der Waals surface area (Å²) < 4.78 is 5.69. The number of nitrogen functional groups attached to an aromatic ring is 1. The maximum Gasteiger partial charge on any atom is 0.119 e. The van der Waals surface area contributed by atoms with E-state index in [0.717, 1.165) is 23.4 Å². The second kappa shape index (κ2) is 5.39. The van der Waals surface area contributed by atoms with Crippen LogP contribution in [0.4, 0.5) is 5.69 Å². The summed E-state index contributed by atoms with van der Waals surface area (Å²) in [5.41, 5.74) is 8.85. The second-order valence-electron chi connectivity index (χ2n) is 4.03. The molecule has 0 aliphatic carbocycles. The predicted octanol–water partition coefficient (Wildman–Crippen LogP) is 3.41. The Kier molecular flexibility index (Phi) is 3.66. The minimum atomic E-state index is 0.575. The van der Waals surface area contributed by atoms with Gasteiger partial charge in [-0.15, -0.1) is 0 Å². The van der Waals surface area contributed by atoms with Gasteiger partial charge in [-0.1, -0.05) is 31.2 Å². The van der Waals surface area contributed by atoms with Crippen LogP contribution in [0.5, 0.6) is 5.75 Å². The monoisotopic (exact) mass is 227 g/mol. The third kappa shape index (κ3) is 3.25. The molecule has 2 rings (SSSR count). The van der Waals surface area contributed by atoms with Crippen LogP contribution >= 0.6 is 0 Å². The van der Waals surface area contributed by atoms with E-state index in [0.29, 0.717) is 6.61 Å². The second-order valence-corrected chi connectivity index (χ2v) is 4.03. The molecule has 0 aliphatic rings. The summed E-state index contributed by atoms with van der Waals surface area (Å²) in [5.74, 6) is 0.902. The predicted molar refractivity (Wildman–Crippen MR) is 71.0 cm³/mol. The summed E-state index contributed by atoms with van der Waals surface area (Å²) in [6.45, 7) is 2.72. The Balaban J connectivity index is 1.95. The van der Waals surface area contributed by atoms with E-state index in [2.05, 4.69) is 19.1 Å². The van der Waals surface area contributed by atoms with Gasteiger partial charge in [0.25, 0.3) is 0 Å². The lowest BCUT2D eigenvalue weighted by molar-refractivity contribution is 0.306. The SMILES string of the molecule is CCc1ccc(OCc2ccc(N)cc2)cc1. The number of hydrogen-bond donors (Lipinski definition) is 1. The third-order valence-corrected chi connectivity index (χ3v) is 2.72. The Morgan fingerprint density at radius 2 is 1.47 bits per heavy atom. The molecule has 2 heteroatoms. The van der Waals surface area contributed by atoms with Crippen molar-refractivity contribution in [2.45, 2.75) is 20.0 Å². The molecule has 0 aromatic heterocycles. The summed E-state index contributed by atoms with van der Waals surface area (Å²) >= 11 is 0. The molecule has 17 heavy (non-hydrogen) atoms. The lowest BCUT2D eigenvalue weighted by Gasteiger charge is -2.07. The van der Waals surface area contributed by atoms with E-state index in [1.54, 1.807) is 0 Å². The van der Waals surface area contributed by atoms with E-state index in [-0.39, 0.29) is 0 Å². The molecule has 0 saturated carbocycles.